The largest absolute Gasteiger partial charge is 0.312 e. The van der Waals surface area contributed by atoms with Crippen LogP contribution in [0.1, 0.15) is 5.56 Å². The van der Waals surface area contributed by atoms with Crippen molar-refractivity contribution in [2.45, 2.75) is 0 Å². The van der Waals surface area contributed by atoms with E-state index in [4.69, 9.17) is 17.0 Å². The molecule has 2 aromatic carbocycles. The van der Waals surface area contributed by atoms with Gasteiger partial charge in [-0.25, -0.2) is 9.97 Å². The van der Waals surface area contributed by atoms with Crippen LogP contribution < -0.4 is 5.62 Å². The first kappa shape index (κ1) is 18.0. The Labute approximate surface area is 176 Å². The number of aromatic nitrogens is 5. The van der Waals surface area contributed by atoms with E-state index in [-0.39, 0.29) is 5.62 Å². The Morgan fingerprint density at radius 3 is 2.53 bits per heavy atom. The molecule has 0 saturated heterocycles. The van der Waals surface area contributed by atoms with Crippen molar-refractivity contribution in [2.24, 2.45) is 7.05 Å². The van der Waals surface area contributed by atoms with Gasteiger partial charge in [0.05, 0.1) is 51.4 Å². The molecule has 0 fully saturated rings. The predicted octanol–water partition coefficient (Wildman–Crippen LogP) is 3.98. The maximum Gasteiger partial charge on any atom is 0.207 e. The highest BCUT2D eigenvalue weighted by Crippen LogP contribution is 2.31. The first-order valence-electron chi connectivity index (χ1n) is 9.08. The fraction of sp³-hybridized carbons (Fsp3) is 0.0455. The molecule has 0 aliphatic heterocycles. The predicted molar refractivity (Wildman–Crippen MR) is 114 cm³/mol. The van der Waals surface area contributed by atoms with Gasteiger partial charge in [-0.15, -0.1) is 0 Å². The molecule has 0 unspecified atom stereocenters. The summed E-state index contributed by atoms with van der Waals surface area (Å²) in [7, 11) is 1.83. The van der Waals surface area contributed by atoms with Gasteiger partial charge in [0, 0.05) is 12.4 Å². The van der Waals surface area contributed by atoms with E-state index in [2.05, 4.69) is 21.0 Å². The summed E-state index contributed by atoms with van der Waals surface area (Å²) in [6, 6.07) is 13.4. The lowest BCUT2D eigenvalue weighted by Crippen LogP contribution is -2.21. The summed E-state index contributed by atoms with van der Waals surface area (Å²) in [6.07, 6.45) is 6.59. The lowest BCUT2D eigenvalue weighted by molar-refractivity contribution is 0.784. The molecule has 5 rings (SSSR count). The average Bonchev–Trinajstić information content (AvgIpc) is 3.05. The van der Waals surface area contributed by atoms with Crippen LogP contribution in [-0.2, 0) is 7.05 Å². The van der Waals surface area contributed by atoms with Gasteiger partial charge in [0.1, 0.15) is 12.4 Å². The van der Waals surface area contributed by atoms with Crippen LogP contribution in [0.15, 0.2) is 61.3 Å². The summed E-state index contributed by atoms with van der Waals surface area (Å²) in [5, 5.41) is 19.2. The molecular formula is C22H14ClN7. The van der Waals surface area contributed by atoms with Gasteiger partial charge in [-0.3, -0.25) is 15.0 Å². The number of halogens is 1. The van der Waals surface area contributed by atoms with Crippen molar-refractivity contribution >= 4 is 33.5 Å². The minimum atomic E-state index is 0.290. The monoisotopic (exact) mass is 411 g/mol. The van der Waals surface area contributed by atoms with Gasteiger partial charge in [-0.2, -0.15) is 5.26 Å². The van der Waals surface area contributed by atoms with E-state index in [1.807, 2.05) is 35.9 Å². The zero-order valence-electron chi connectivity index (χ0n) is 15.8. The summed E-state index contributed by atoms with van der Waals surface area (Å²) >= 11 is 6.09. The highest BCUT2D eigenvalue weighted by atomic mass is 35.5. The van der Waals surface area contributed by atoms with E-state index in [9.17, 15) is 5.26 Å². The number of nitriles is 1. The molecule has 30 heavy (non-hydrogen) atoms. The Balaban J connectivity index is 1.86. The quantitative estimate of drug-likeness (QED) is 0.475. The Bertz CT molecular complexity index is 1540. The summed E-state index contributed by atoms with van der Waals surface area (Å²) in [5.41, 5.74) is 5.69. The van der Waals surface area contributed by atoms with E-state index in [0.29, 0.717) is 16.3 Å². The van der Waals surface area contributed by atoms with Crippen molar-refractivity contribution < 1.29 is 0 Å². The lowest BCUT2D eigenvalue weighted by Gasteiger charge is -2.08. The van der Waals surface area contributed by atoms with Crippen LogP contribution in [0.2, 0.25) is 5.02 Å². The topological polar surface area (TPSA) is 96.2 Å². The van der Waals surface area contributed by atoms with Crippen LogP contribution in [0.5, 0.6) is 0 Å². The molecule has 0 saturated carbocycles. The molecule has 0 aliphatic carbocycles. The Hall–Kier alpha value is -4.02. The molecule has 0 bridgehead atoms. The van der Waals surface area contributed by atoms with Crippen molar-refractivity contribution in [1.29, 1.82) is 10.7 Å². The lowest BCUT2D eigenvalue weighted by atomic mass is 10.0. The zero-order chi connectivity index (χ0) is 20.8. The van der Waals surface area contributed by atoms with Crippen LogP contribution >= 0.6 is 11.6 Å². The maximum atomic E-state index is 9.32. The number of rotatable bonds is 2. The molecule has 8 heteroatoms. The summed E-state index contributed by atoms with van der Waals surface area (Å²) in [4.78, 5) is 12.8. The summed E-state index contributed by atoms with van der Waals surface area (Å²) in [6.45, 7) is 0. The second kappa shape index (κ2) is 6.79. The van der Waals surface area contributed by atoms with Crippen molar-refractivity contribution in [3.8, 4) is 22.9 Å². The van der Waals surface area contributed by atoms with E-state index in [0.717, 1.165) is 33.1 Å². The van der Waals surface area contributed by atoms with E-state index in [1.54, 1.807) is 35.3 Å². The number of pyridine rings is 1. The van der Waals surface area contributed by atoms with Gasteiger partial charge in [0.15, 0.2) is 0 Å². The second-order valence-corrected chi connectivity index (χ2v) is 7.25. The first-order valence-corrected chi connectivity index (χ1v) is 9.46. The molecule has 144 valence electrons. The van der Waals surface area contributed by atoms with Crippen LogP contribution in [0.4, 0.5) is 0 Å². The summed E-state index contributed by atoms with van der Waals surface area (Å²) < 4.78 is 3.59. The standard InChI is InChI=1S/C22H14ClN7/c1-29-20-11-28-19-5-3-14(13-2-4-18(23)15(6-13)8-24)7-17(19)21(20)30(22(29)25)16-9-26-12-27-10-16/h2-7,9-12,25H,1H3. The average molecular weight is 412 g/mol. The highest BCUT2D eigenvalue weighted by molar-refractivity contribution is 6.31. The third-order valence-electron chi connectivity index (χ3n) is 5.16. The molecule has 0 amide bonds. The molecule has 0 spiro atoms. The van der Waals surface area contributed by atoms with E-state index >= 15 is 0 Å². The molecule has 7 nitrogen and oxygen atoms in total. The van der Waals surface area contributed by atoms with Crippen molar-refractivity contribution in [2.75, 3.05) is 0 Å². The van der Waals surface area contributed by atoms with E-state index < -0.39 is 0 Å². The number of benzene rings is 2. The molecule has 0 atom stereocenters. The number of nitrogens with zero attached hydrogens (tertiary/aromatic N) is 6. The number of imidazole rings is 1. The Morgan fingerprint density at radius 1 is 1.03 bits per heavy atom. The number of aryl methyl sites for hydroxylation is 1. The minimum Gasteiger partial charge on any atom is -0.312 e. The van der Waals surface area contributed by atoms with Gasteiger partial charge >= 0.3 is 0 Å². The van der Waals surface area contributed by atoms with Crippen LogP contribution in [-0.4, -0.2) is 24.1 Å². The third-order valence-corrected chi connectivity index (χ3v) is 5.49. The smallest absolute Gasteiger partial charge is 0.207 e. The third kappa shape index (κ3) is 2.66. The molecule has 0 radical (unpaired) electrons. The first-order chi connectivity index (χ1) is 14.6. The van der Waals surface area contributed by atoms with Crippen molar-refractivity contribution in [1.82, 2.24) is 24.1 Å². The summed E-state index contributed by atoms with van der Waals surface area (Å²) in [5.74, 6) is 0. The van der Waals surface area contributed by atoms with Gasteiger partial charge in [0.25, 0.3) is 0 Å². The maximum absolute atomic E-state index is 9.32. The fourth-order valence-corrected chi connectivity index (χ4v) is 3.81. The Kier molecular flexibility index (Phi) is 4.09. The van der Waals surface area contributed by atoms with Crippen LogP contribution in [0.3, 0.4) is 0 Å². The van der Waals surface area contributed by atoms with Gasteiger partial charge in [0.2, 0.25) is 5.62 Å². The van der Waals surface area contributed by atoms with Crippen molar-refractivity contribution in [3.63, 3.8) is 0 Å². The van der Waals surface area contributed by atoms with Crippen LogP contribution in [0, 0.1) is 16.7 Å². The molecule has 5 aromatic rings. The van der Waals surface area contributed by atoms with Gasteiger partial charge < -0.3 is 4.57 Å². The minimum absolute atomic E-state index is 0.290. The highest BCUT2D eigenvalue weighted by Gasteiger charge is 2.15. The molecule has 3 aromatic heterocycles. The normalized spacial score (nSPS) is 11.1. The zero-order valence-corrected chi connectivity index (χ0v) is 16.6. The molecule has 3 heterocycles. The number of nitrogens with one attached hydrogen (secondary N) is 1. The molecular weight excluding hydrogens is 398 g/mol. The van der Waals surface area contributed by atoms with Crippen molar-refractivity contribution in [3.05, 3.63) is 77.5 Å². The van der Waals surface area contributed by atoms with Gasteiger partial charge in [-0.05, 0) is 35.4 Å². The Morgan fingerprint density at radius 2 is 1.77 bits per heavy atom. The number of hydrogen-bond donors (Lipinski definition) is 1. The molecule has 1 N–H and O–H groups in total. The molecule has 0 aliphatic rings. The van der Waals surface area contributed by atoms with Crippen LogP contribution in [0.25, 0.3) is 38.8 Å². The SMILES string of the molecule is Cn1c(=N)n(-c2cncnc2)c2c3cc(-c4ccc(Cl)c(C#N)c4)ccc3ncc21. The number of fused-ring (bicyclic) bond motifs is 3. The number of hydrogen-bond acceptors (Lipinski definition) is 5. The fourth-order valence-electron chi connectivity index (χ4n) is 3.65. The second-order valence-electron chi connectivity index (χ2n) is 6.85. The van der Waals surface area contributed by atoms with Gasteiger partial charge in [-0.1, -0.05) is 23.7 Å². The van der Waals surface area contributed by atoms with E-state index in [1.165, 1.54) is 6.33 Å².